The molecule has 3 N–H and O–H groups in total. The summed E-state index contributed by atoms with van der Waals surface area (Å²) in [6.07, 6.45) is 3.00. The van der Waals surface area contributed by atoms with Gasteiger partial charge in [-0.15, -0.1) is 0 Å². The first-order chi connectivity index (χ1) is 8.95. The molecule has 0 aromatic carbocycles. The number of fused-ring (bicyclic) bond motifs is 1. The number of aliphatic hydroxyl groups excluding tert-OH is 1. The van der Waals surface area contributed by atoms with Crippen LogP contribution in [0.5, 0.6) is 0 Å². The molecule has 0 aliphatic carbocycles. The van der Waals surface area contributed by atoms with Gasteiger partial charge in [0.1, 0.15) is 10.5 Å². The molecule has 2 aromatic rings. The highest BCUT2D eigenvalue weighted by atomic mass is 32.2. The molecule has 0 amide bonds. The van der Waals surface area contributed by atoms with E-state index in [1.807, 2.05) is 13.8 Å². The Morgan fingerprint density at radius 2 is 2.21 bits per heavy atom. The molecule has 1 atom stereocenters. The molecular weight excluding hydrogens is 266 g/mol. The van der Waals surface area contributed by atoms with Crippen molar-refractivity contribution in [2.75, 3.05) is 6.61 Å². The lowest BCUT2D eigenvalue weighted by Gasteiger charge is -2.19. The van der Waals surface area contributed by atoms with Crippen LogP contribution in [0.2, 0.25) is 0 Å². The largest absolute Gasteiger partial charge is 0.395 e. The second-order valence-electron chi connectivity index (χ2n) is 4.71. The summed E-state index contributed by atoms with van der Waals surface area (Å²) >= 11 is 0. The number of pyridine rings is 1. The molecule has 0 saturated carbocycles. The topological polar surface area (TPSA) is 95.1 Å². The number of sulfonamides is 1. The Bertz CT molecular complexity index is 664. The van der Waals surface area contributed by atoms with Crippen LogP contribution in [-0.2, 0) is 10.0 Å². The summed E-state index contributed by atoms with van der Waals surface area (Å²) < 4.78 is 27.1. The fourth-order valence-corrected chi connectivity index (χ4v) is 3.34. The number of hydrogen-bond acceptors (Lipinski definition) is 4. The van der Waals surface area contributed by atoms with Crippen molar-refractivity contribution in [1.29, 1.82) is 0 Å². The molecule has 0 bridgehead atoms. The van der Waals surface area contributed by atoms with Crippen LogP contribution in [0, 0.1) is 5.92 Å². The van der Waals surface area contributed by atoms with Gasteiger partial charge in [0.15, 0.2) is 0 Å². The molecule has 104 valence electrons. The summed E-state index contributed by atoms with van der Waals surface area (Å²) in [5.41, 5.74) is 0.521. The van der Waals surface area contributed by atoms with Gasteiger partial charge in [0.2, 0.25) is 10.0 Å². The third-order valence-electron chi connectivity index (χ3n) is 3.01. The fourth-order valence-electron chi connectivity index (χ4n) is 1.80. The van der Waals surface area contributed by atoms with Gasteiger partial charge in [-0.05, 0) is 18.1 Å². The lowest BCUT2D eigenvalue weighted by molar-refractivity contribution is 0.228. The quantitative estimate of drug-likeness (QED) is 0.758. The van der Waals surface area contributed by atoms with Crippen molar-refractivity contribution in [2.45, 2.75) is 24.8 Å². The summed E-state index contributed by atoms with van der Waals surface area (Å²) in [7, 11) is -3.68. The Morgan fingerprint density at radius 3 is 2.84 bits per heavy atom. The molecule has 0 saturated heterocycles. The molecule has 0 aliphatic rings. The van der Waals surface area contributed by atoms with Crippen molar-refractivity contribution < 1.29 is 13.5 Å². The van der Waals surface area contributed by atoms with Gasteiger partial charge in [0.05, 0.1) is 6.61 Å². The Morgan fingerprint density at radius 1 is 1.47 bits per heavy atom. The minimum atomic E-state index is -3.68. The van der Waals surface area contributed by atoms with Crippen LogP contribution in [0.25, 0.3) is 11.0 Å². The predicted octanol–water partition coefficient (Wildman–Crippen LogP) is 0.858. The first-order valence-electron chi connectivity index (χ1n) is 6.01. The number of rotatable bonds is 5. The zero-order chi connectivity index (χ0) is 14.0. The van der Waals surface area contributed by atoms with E-state index in [0.717, 1.165) is 0 Å². The van der Waals surface area contributed by atoms with Crippen molar-refractivity contribution in [3.63, 3.8) is 0 Å². The van der Waals surface area contributed by atoms with Gasteiger partial charge in [-0.1, -0.05) is 13.8 Å². The van der Waals surface area contributed by atoms with Crippen molar-refractivity contribution in [3.05, 3.63) is 24.5 Å². The average Bonchev–Trinajstić information content (AvgIpc) is 2.80. The highest BCUT2D eigenvalue weighted by Gasteiger charge is 2.24. The molecular formula is C12H17N3O3S. The molecule has 0 radical (unpaired) electrons. The van der Waals surface area contributed by atoms with Crippen molar-refractivity contribution in [1.82, 2.24) is 14.7 Å². The van der Waals surface area contributed by atoms with E-state index in [0.29, 0.717) is 11.0 Å². The minimum absolute atomic E-state index is 0.00288. The number of nitrogens with zero attached hydrogens (tertiary/aromatic N) is 1. The minimum Gasteiger partial charge on any atom is -0.395 e. The van der Waals surface area contributed by atoms with Crippen LogP contribution in [0.1, 0.15) is 13.8 Å². The molecule has 6 nitrogen and oxygen atoms in total. The summed E-state index contributed by atoms with van der Waals surface area (Å²) in [6.45, 7) is 3.46. The summed E-state index contributed by atoms with van der Waals surface area (Å²) in [5, 5.41) is 9.76. The standard InChI is InChI=1S/C12H17N3O3S/c1-8(2)10(7-16)15-19(17,18)11-6-14-12-9(11)4-3-5-13-12/h3-6,8,10,15-16H,7H2,1-2H3,(H,13,14)/t10-/m1/s1. The Balaban J connectivity index is 2.39. The average molecular weight is 283 g/mol. The van der Waals surface area contributed by atoms with Gasteiger partial charge in [-0.2, -0.15) is 0 Å². The summed E-state index contributed by atoms with van der Waals surface area (Å²) in [5.74, 6) is 0.00288. The maximum atomic E-state index is 12.3. The zero-order valence-electron chi connectivity index (χ0n) is 10.8. The smallest absolute Gasteiger partial charge is 0.243 e. The number of aromatic amines is 1. The van der Waals surface area contributed by atoms with Gasteiger partial charge in [0, 0.05) is 23.8 Å². The highest BCUT2D eigenvalue weighted by molar-refractivity contribution is 7.89. The number of aromatic nitrogens is 2. The van der Waals surface area contributed by atoms with E-state index in [9.17, 15) is 13.5 Å². The number of hydrogen-bond donors (Lipinski definition) is 3. The van der Waals surface area contributed by atoms with Gasteiger partial charge < -0.3 is 10.1 Å². The number of aliphatic hydroxyl groups is 1. The maximum Gasteiger partial charge on any atom is 0.243 e. The first-order valence-corrected chi connectivity index (χ1v) is 7.49. The van der Waals surface area contributed by atoms with E-state index < -0.39 is 16.1 Å². The predicted molar refractivity (Wildman–Crippen MR) is 72.1 cm³/mol. The van der Waals surface area contributed by atoms with Crippen LogP contribution in [0.15, 0.2) is 29.4 Å². The third-order valence-corrected chi connectivity index (χ3v) is 4.54. The van der Waals surface area contributed by atoms with Crippen LogP contribution >= 0.6 is 0 Å². The first kappa shape index (κ1) is 14.0. The van der Waals surface area contributed by atoms with Crippen LogP contribution in [0.4, 0.5) is 0 Å². The Hall–Kier alpha value is -1.44. The van der Waals surface area contributed by atoms with Gasteiger partial charge in [-0.3, -0.25) is 0 Å². The molecule has 0 aliphatic heterocycles. The molecule has 0 unspecified atom stereocenters. The molecule has 19 heavy (non-hydrogen) atoms. The lowest BCUT2D eigenvalue weighted by atomic mass is 10.1. The van der Waals surface area contributed by atoms with Crippen LogP contribution < -0.4 is 4.72 Å². The molecule has 2 rings (SSSR count). The fraction of sp³-hybridized carbons (Fsp3) is 0.417. The van der Waals surface area contributed by atoms with Crippen LogP contribution in [-0.4, -0.2) is 36.1 Å². The summed E-state index contributed by atoms with van der Waals surface area (Å²) in [4.78, 5) is 7.02. The van der Waals surface area contributed by atoms with E-state index in [1.54, 1.807) is 18.3 Å². The van der Waals surface area contributed by atoms with E-state index in [1.165, 1.54) is 6.20 Å². The molecule has 0 fully saturated rings. The van der Waals surface area contributed by atoms with Crippen LogP contribution in [0.3, 0.4) is 0 Å². The van der Waals surface area contributed by atoms with Gasteiger partial charge >= 0.3 is 0 Å². The van der Waals surface area contributed by atoms with E-state index >= 15 is 0 Å². The molecule has 7 heteroatoms. The van der Waals surface area contributed by atoms with Gasteiger partial charge in [0.25, 0.3) is 0 Å². The Labute approximate surface area is 111 Å². The van der Waals surface area contributed by atoms with E-state index in [-0.39, 0.29) is 17.4 Å². The maximum absolute atomic E-state index is 12.3. The molecule has 2 heterocycles. The van der Waals surface area contributed by atoms with E-state index in [2.05, 4.69) is 14.7 Å². The molecule has 0 spiro atoms. The zero-order valence-corrected chi connectivity index (χ0v) is 11.6. The lowest BCUT2D eigenvalue weighted by Crippen LogP contribution is -2.40. The van der Waals surface area contributed by atoms with Crippen molar-refractivity contribution in [2.24, 2.45) is 5.92 Å². The second kappa shape index (κ2) is 5.28. The Kier molecular flexibility index (Phi) is 3.88. The highest BCUT2D eigenvalue weighted by Crippen LogP contribution is 2.21. The molecule has 2 aromatic heterocycles. The second-order valence-corrected chi connectivity index (χ2v) is 6.39. The van der Waals surface area contributed by atoms with E-state index in [4.69, 9.17) is 0 Å². The number of H-pyrrole nitrogens is 1. The normalized spacial score (nSPS) is 14.1. The SMILES string of the molecule is CC(C)[C@@H](CO)NS(=O)(=O)c1c[nH]c2ncccc12. The number of nitrogens with one attached hydrogen (secondary N) is 2. The monoisotopic (exact) mass is 283 g/mol. The van der Waals surface area contributed by atoms with Crippen molar-refractivity contribution >= 4 is 21.1 Å². The van der Waals surface area contributed by atoms with Gasteiger partial charge in [-0.25, -0.2) is 18.1 Å². The van der Waals surface area contributed by atoms with Crippen molar-refractivity contribution in [3.8, 4) is 0 Å². The third kappa shape index (κ3) is 2.78. The summed E-state index contributed by atoms with van der Waals surface area (Å²) in [6, 6.07) is 2.87.